The number of carboxylic acid groups (broad SMARTS) is 1. The average molecular weight is 345 g/mol. The molecule has 1 N–H and O–H groups in total. The number of hydrogen-bond donors (Lipinski definition) is 1. The molecule has 0 amide bonds. The second kappa shape index (κ2) is 5.63. The van der Waals surface area contributed by atoms with Gasteiger partial charge in [-0.05, 0) is 24.3 Å². The number of aromatic nitrogens is 1. The summed E-state index contributed by atoms with van der Waals surface area (Å²) < 4.78 is 28.6. The summed E-state index contributed by atoms with van der Waals surface area (Å²) >= 11 is 1.12. The Morgan fingerprint density at radius 3 is 2.79 bits per heavy atom. The van der Waals surface area contributed by atoms with E-state index in [9.17, 15) is 18.7 Å². The van der Waals surface area contributed by atoms with Crippen LogP contribution in [0.4, 0.5) is 8.78 Å². The molecule has 4 rings (SSSR count). The van der Waals surface area contributed by atoms with Crippen LogP contribution in [0.15, 0.2) is 47.4 Å². The summed E-state index contributed by atoms with van der Waals surface area (Å²) in [5, 5.41) is 9.64. The van der Waals surface area contributed by atoms with Gasteiger partial charge in [0, 0.05) is 26.9 Å². The van der Waals surface area contributed by atoms with E-state index in [0.29, 0.717) is 16.2 Å². The summed E-state index contributed by atoms with van der Waals surface area (Å²) in [6, 6.07) is 11.7. The monoisotopic (exact) mass is 345 g/mol. The Kier molecular flexibility index (Phi) is 3.57. The second-order valence-electron chi connectivity index (χ2n) is 5.60. The van der Waals surface area contributed by atoms with Gasteiger partial charge in [0.1, 0.15) is 17.7 Å². The molecule has 6 heteroatoms. The van der Waals surface area contributed by atoms with Gasteiger partial charge < -0.3 is 9.67 Å². The van der Waals surface area contributed by atoms with E-state index in [-0.39, 0.29) is 6.54 Å². The summed E-state index contributed by atoms with van der Waals surface area (Å²) in [6.07, 6.45) is 0. The molecule has 1 aliphatic heterocycles. The summed E-state index contributed by atoms with van der Waals surface area (Å²) in [7, 11) is 0. The predicted molar refractivity (Wildman–Crippen MR) is 89.5 cm³/mol. The molecule has 0 saturated carbocycles. The van der Waals surface area contributed by atoms with Gasteiger partial charge in [0.2, 0.25) is 0 Å². The zero-order valence-corrected chi connectivity index (χ0v) is 13.3. The van der Waals surface area contributed by atoms with Gasteiger partial charge in [0.15, 0.2) is 0 Å². The fraction of sp³-hybridized carbons (Fsp3) is 0.167. The highest BCUT2D eigenvalue weighted by molar-refractivity contribution is 8.00. The van der Waals surface area contributed by atoms with Crippen molar-refractivity contribution in [2.24, 2.45) is 0 Å². The average Bonchev–Trinajstić information content (AvgIpc) is 2.89. The van der Waals surface area contributed by atoms with Crippen LogP contribution in [0.3, 0.4) is 0 Å². The number of carbonyl (C=O) groups is 1. The Morgan fingerprint density at radius 1 is 1.25 bits per heavy atom. The first kappa shape index (κ1) is 15.2. The number of alkyl halides is 1. The molecule has 0 saturated heterocycles. The number of thioether (sulfide) groups is 1. The Hall–Kier alpha value is -2.34. The lowest BCUT2D eigenvalue weighted by atomic mass is 10.0. The number of aryl methyl sites for hydroxylation is 1. The van der Waals surface area contributed by atoms with Crippen molar-refractivity contribution in [3.8, 4) is 11.3 Å². The van der Waals surface area contributed by atoms with Crippen LogP contribution in [0.1, 0.15) is 10.8 Å². The molecule has 0 fully saturated rings. The molecule has 1 aromatic heterocycles. The van der Waals surface area contributed by atoms with Gasteiger partial charge in [-0.15, -0.1) is 11.8 Å². The minimum absolute atomic E-state index is 0.129. The third-order valence-electron chi connectivity index (χ3n) is 4.25. The van der Waals surface area contributed by atoms with Crippen molar-refractivity contribution < 1.29 is 18.7 Å². The lowest BCUT2D eigenvalue weighted by Crippen LogP contribution is -2.14. The maximum Gasteiger partial charge on any atom is 0.321 e. The molecular weight excluding hydrogens is 332 g/mol. The van der Waals surface area contributed by atoms with Crippen LogP contribution in [0.2, 0.25) is 0 Å². The van der Waals surface area contributed by atoms with Crippen molar-refractivity contribution in [2.45, 2.75) is 16.7 Å². The third kappa shape index (κ3) is 2.13. The first-order valence-electron chi connectivity index (χ1n) is 7.48. The van der Waals surface area contributed by atoms with E-state index in [2.05, 4.69) is 0 Å². The fourth-order valence-corrected chi connectivity index (χ4v) is 4.54. The number of fused-ring (bicyclic) bond motifs is 5. The smallest absolute Gasteiger partial charge is 0.321 e. The van der Waals surface area contributed by atoms with Crippen molar-refractivity contribution in [1.82, 2.24) is 4.57 Å². The molecule has 122 valence electrons. The maximum absolute atomic E-state index is 13.6. The number of halogens is 2. The molecule has 0 spiro atoms. The molecule has 1 atom stereocenters. The largest absolute Gasteiger partial charge is 0.480 e. The molecule has 2 heterocycles. The lowest BCUT2D eigenvalue weighted by molar-refractivity contribution is -0.136. The summed E-state index contributed by atoms with van der Waals surface area (Å²) in [5.41, 5.74) is 2.88. The van der Waals surface area contributed by atoms with E-state index >= 15 is 0 Å². The van der Waals surface area contributed by atoms with E-state index < -0.39 is 23.7 Å². The van der Waals surface area contributed by atoms with Crippen molar-refractivity contribution in [3.05, 3.63) is 53.8 Å². The number of nitrogens with zero attached hydrogens (tertiary/aromatic N) is 1. The molecule has 0 bridgehead atoms. The van der Waals surface area contributed by atoms with E-state index in [0.717, 1.165) is 28.2 Å². The molecule has 1 unspecified atom stereocenters. The lowest BCUT2D eigenvalue weighted by Gasteiger charge is -2.24. The number of benzene rings is 2. The zero-order chi connectivity index (χ0) is 16.8. The maximum atomic E-state index is 13.6. The first-order chi connectivity index (χ1) is 11.6. The minimum atomic E-state index is -0.987. The van der Waals surface area contributed by atoms with E-state index in [1.165, 1.54) is 12.1 Å². The van der Waals surface area contributed by atoms with Crippen LogP contribution < -0.4 is 0 Å². The van der Waals surface area contributed by atoms with Gasteiger partial charge in [-0.2, -0.15) is 0 Å². The van der Waals surface area contributed by atoms with Gasteiger partial charge in [-0.3, -0.25) is 4.79 Å². The number of rotatable bonds is 3. The van der Waals surface area contributed by atoms with Gasteiger partial charge in [-0.25, -0.2) is 8.78 Å². The second-order valence-corrected chi connectivity index (χ2v) is 6.74. The van der Waals surface area contributed by atoms with Crippen LogP contribution in [0.25, 0.3) is 22.2 Å². The highest BCUT2D eigenvalue weighted by Crippen LogP contribution is 2.52. The molecule has 24 heavy (non-hydrogen) atoms. The number of aliphatic carboxylic acids is 1. The molecule has 0 aliphatic carbocycles. The number of carboxylic acids is 1. The Morgan fingerprint density at radius 2 is 2.04 bits per heavy atom. The fourth-order valence-electron chi connectivity index (χ4n) is 3.35. The van der Waals surface area contributed by atoms with E-state index in [1.54, 1.807) is 10.6 Å². The van der Waals surface area contributed by atoms with Crippen LogP contribution >= 0.6 is 11.8 Å². The zero-order valence-electron chi connectivity index (χ0n) is 12.5. The van der Waals surface area contributed by atoms with Gasteiger partial charge in [-0.1, -0.05) is 18.2 Å². The number of hydrogen-bond acceptors (Lipinski definition) is 2. The Bertz CT molecular complexity index is 967. The minimum Gasteiger partial charge on any atom is -0.480 e. The van der Waals surface area contributed by atoms with Crippen LogP contribution in [0.5, 0.6) is 0 Å². The van der Waals surface area contributed by atoms with E-state index in [4.69, 9.17) is 0 Å². The molecular formula is C18H13F2NO2S. The van der Waals surface area contributed by atoms with Crippen molar-refractivity contribution in [3.63, 3.8) is 0 Å². The van der Waals surface area contributed by atoms with E-state index in [1.807, 2.05) is 24.3 Å². The molecule has 2 aromatic carbocycles. The van der Waals surface area contributed by atoms with Crippen LogP contribution in [-0.2, 0) is 11.3 Å². The third-order valence-corrected chi connectivity index (χ3v) is 5.51. The summed E-state index contributed by atoms with van der Waals surface area (Å²) in [5.74, 6) is -1.40. The van der Waals surface area contributed by atoms with Gasteiger partial charge in [0.25, 0.3) is 0 Å². The van der Waals surface area contributed by atoms with Crippen molar-refractivity contribution >= 4 is 28.6 Å². The normalized spacial score (nSPS) is 16.0. The molecule has 0 radical (unpaired) electrons. The SMILES string of the molecule is O=C(O)C1Sc2cc(F)ccc2-c2c1c1ccccc1n2CCF. The van der Waals surface area contributed by atoms with Crippen LogP contribution in [-0.4, -0.2) is 22.3 Å². The predicted octanol–water partition coefficient (Wildman–Crippen LogP) is 4.65. The van der Waals surface area contributed by atoms with Crippen LogP contribution in [0, 0.1) is 5.82 Å². The summed E-state index contributed by atoms with van der Waals surface area (Å²) in [6.45, 7) is -0.434. The van der Waals surface area contributed by atoms with Crippen molar-refractivity contribution in [2.75, 3.05) is 6.67 Å². The molecule has 1 aliphatic rings. The standard InChI is InChI=1S/C18H13F2NO2S/c19-7-8-21-13-4-2-1-3-11(13)15-16(21)12-6-5-10(20)9-14(12)24-17(15)18(22)23/h1-6,9,17H,7-8H2,(H,22,23). The highest BCUT2D eigenvalue weighted by Gasteiger charge is 2.35. The van der Waals surface area contributed by atoms with Gasteiger partial charge in [0.05, 0.1) is 12.2 Å². The quantitative estimate of drug-likeness (QED) is 0.751. The first-order valence-corrected chi connectivity index (χ1v) is 8.36. The number of para-hydroxylation sites is 1. The highest BCUT2D eigenvalue weighted by atomic mass is 32.2. The summed E-state index contributed by atoms with van der Waals surface area (Å²) in [4.78, 5) is 12.4. The Labute approximate surface area is 140 Å². The van der Waals surface area contributed by atoms with Crippen molar-refractivity contribution in [1.29, 1.82) is 0 Å². The van der Waals surface area contributed by atoms with Gasteiger partial charge >= 0.3 is 5.97 Å². The molecule has 3 nitrogen and oxygen atoms in total. The Balaban J connectivity index is 2.13. The molecule has 3 aromatic rings. The topological polar surface area (TPSA) is 42.2 Å².